The van der Waals surface area contributed by atoms with E-state index in [0.29, 0.717) is 12.1 Å². The molecule has 2 heterocycles. The molecule has 1 fully saturated rings. The van der Waals surface area contributed by atoms with E-state index in [0.717, 1.165) is 18.9 Å². The Balaban J connectivity index is 1.95. The lowest BCUT2D eigenvalue weighted by molar-refractivity contribution is 0.109. The fraction of sp³-hybridized carbons (Fsp3) is 0.733. The highest BCUT2D eigenvalue weighted by Gasteiger charge is 2.27. The first-order valence-corrected chi connectivity index (χ1v) is 7.54. The van der Waals surface area contributed by atoms with Gasteiger partial charge in [-0.25, -0.2) is 9.97 Å². The Kier molecular flexibility index (Phi) is 5.73. The van der Waals surface area contributed by atoms with Crippen molar-refractivity contribution in [1.82, 2.24) is 20.2 Å². The van der Waals surface area contributed by atoms with Gasteiger partial charge in [-0.1, -0.05) is 13.3 Å². The Morgan fingerprint density at radius 1 is 1.37 bits per heavy atom. The summed E-state index contributed by atoms with van der Waals surface area (Å²) in [6.07, 6.45) is 8.78. The molecule has 0 bridgehead atoms. The number of piperidine rings is 1. The van der Waals surface area contributed by atoms with Crippen molar-refractivity contribution in [3.8, 4) is 0 Å². The minimum atomic E-state index is 0.545. The predicted molar refractivity (Wildman–Crippen MR) is 77.8 cm³/mol. The van der Waals surface area contributed by atoms with Gasteiger partial charge in [0.15, 0.2) is 0 Å². The molecule has 1 N–H and O–H groups in total. The largest absolute Gasteiger partial charge is 0.313 e. The summed E-state index contributed by atoms with van der Waals surface area (Å²) < 4.78 is 0. The van der Waals surface area contributed by atoms with Crippen molar-refractivity contribution in [1.29, 1.82) is 0 Å². The SMILES string of the molecule is CCCNC(C)C1CCCCN1Cc1ncccn1. The molecule has 1 aromatic heterocycles. The van der Waals surface area contributed by atoms with E-state index in [-0.39, 0.29) is 0 Å². The Morgan fingerprint density at radius 2 is 2.16 bits per heavy atom. The van der Waals surface area contributed by atoms with Gasteiger partial charge in [0.05, 0.1) is 6.54 Å². The molecule has 1 aromatic rings. The van der Waals surface area contributed by atoms with Crippen molar-refractivity contribution in [2.24, 2.45) is 0 Å². The van der Waals surface area contributed by atoms with Crippen LogP contribution < -0.4 is 5.32 Å². The molecule has 1 saturated heterocycles. The maximum atomic E-state index is 4.36. The number of hydrogen-bond donors (Lipinski definition) is 1. The summed E-state index contributed by atoms with van der Waals surface area (Å²) in [6.45, 7) is 7.68. The quantitative estimate of drug-likeness (QED) is 0.853. The predicted octanol–water partition coefficient (Wildman–Crippen LogP) is 2.22. The van der Waals surface area contributed by atoms with Gasteiger partial charge in [-0.05, 0) is 45.3 Å². The third kappa shape index (κ3) is 4.25. The Morgan fingerprint density at radius 3 is 2.89 bits per heavy atom. The lowest BCUT2D eigenvalue weighted by atomic mass is 9.96. The van der Waals surface area contributed by atoms with Crippen LogP contribution in [-0.4, -0.2) is 40.0 Å². The molecule has 2 rings (SSSR count). The summed E-state index contributed by atoms with van der Waals surface area (Å²) in [5, 5.41) is 3.64. The summed E-state index contributed by atoms with van der Waals surface area (Å²) in [5.74, 6) is 0.942. The summed E-state index contributed by atoms with van der Waals surface area (Å²) in [6, 6.07) is 3.04. The topological polar surface area (TPSA) is 41.0 Å². The first kappa shape index (κ1) is 14.4. The van der Waals surface area contributed by atoms with Crippen molar-refractivity contribution in [3.63, 3.8) is 0 Å². The molecule has 0 saturated carbocycles. The van der Waals surface area contributed by atoms with Crippen LogP contribution >= 0.6 is 0 Å². The first-order valence-electron chi connectivity index (χ1n) is 7.54. The molecule has 4 heteroatoms. The van der Waals surface area contributed by atoms with Crippen molar-refractivity contribution in [2.75, 3.05) is 13.1 Å². The van der Waals surface area contributed by atoms with Gasteiger partial charge in [-0.15, -0.1) is 0 Å². The van der Waals surface area contributed by atoms with Crippen LogP contribution in [0.1, 0.15) is 45.4 Å². The van der Waals surface area contributed by atoms with Gasteiger partial charge in [-0.2, -0.15) is 0 Å². The summed E-state index contributed by atoms with van der Waals surface area (Å²) >= 11 is 0. The lowest BCUT2D eigenvalue weighted by Crippen LogP contribution is -2.50. The van der Waals surface area contributed by atoms with Crippen molar-refractivity contribution in [3.05, 3.63) is 24.3 Å². The number of likely N-dealkylation sites (tertiary alicyclic amines) is 1. The second kappa shape index (κ2) is 7.56. The van der Waals surface area contributed by atoms with Crippen LogP contribution in [0.25, 0.3) is 0 Å². The summed E-state index contributed by atoms with van der Waals surface area (Å²) in [4.78, 5) is 11.3. The molecule has 2 unspecified atom stereocenters. The third-order valence-electron chi connectivity index (χ3n) is 3.92. The second-order valence-corrected chi connectivity index (χ2v) is 5.44. The smallest absolute Gasteiger partial charge is 0.142 e. The van der Waals surface area contributed by atoms with Gasteiger partial charge in [0.1, 0.15) is 5.82 Å². The molecule has 0 amide bonds. The fourth-order valence-electron chi connectivity index (χ4n) is 2.88. The van der Waals surface area contributed by atoms with Crippen LogP contribution in [-0.2, 0) is 6.54 Å². The van der Waals surface area contributed by atoms with Gasteiger partial charge in [0, 0.05) is 24.5 Å². The molecule has 1 aliphatic rings. The molecular weight excluding hydrogens is 236 g/mol. The Hall–Kier alpha value is -1.00. The molecule has 0 aromatic carbocycles. The molecule has 0 radical (unpaired) electrons. The Labute approximate surface area is 116 Å². The van der Waals surface area contributed by atoms with Crippen LogP contribution in [0.15, 0.2) is 18.5 Å². The molecular formula is C15H26N4. The molecule has 2 atom stereocenters. The number of nitrogens with zero attached hydrogens (tertiary/aromatic N) is 3. The molecule has 1 aliphatic heterocycles. The van der Waals surface area contributed by atoms with Crippen LogP contribution in [0.2, 0.25) is 0 Å². The van der Waals surface area contributed by atoms with E-state index in [1.165, 1.54) is 32.2 Å². The van der Waals surface area contributed by atoms with Gasteiger partial charge >= 0.3 is 0 Å². The van der Waals surface area contributed by atoms with E-state index >= 15 is 0 Å². The monoisotopic (exact) mass is 262 g/mol. The number of hydrogen-bond acceptors (Lipinski definition) is 4. The standard InChI is InChI=1S/C15H26N4/c1-3-8-16-13(2)14-7-4-5-11-19(14)12-15-17-9-6-10-18-15/h6,9-10,13-14,16H,3-5,7-8,11-12H2,1-2H3. The maximum Gasteiger partial charge on any atom is 0.142 e. The van der Waals surface area contributed by atoms with Crippen LogP contribution in [0, 0.1) is 0 Å². The summed E-state index contributed by atoms with van der Waals surface area (Å²) in [5.41, 5.74) is 0. The lowest BCUT2D eigenvalue weighted by Gasteiger charge is -2.39. The van der Waals surface area contributed by atoms with Crippen molar-refractivity contribution >= 4 is 0 Å². The average molecular weight is 262 g/mol. The zero-order chi connectivity index (χ0) is 13.5. The van der Waals surface area contributed by atoms with Gasteiger partial charge in [0.25, 0.3) is 0 Å². The number of aromatic nitrogens is 2. The maximum absolute atomic E-state index is 4.36. The molecule has 19 heavy (non-hydrogen) atoms. The summed E-state index contributed by atoms with van der Waals surface area (Å²) in [7, 11) is 0. The fourth-order valence-corrected chi connectivity index (χ4v) is 2.88. The highest BCUT2D eigenvalue weighted by molar-refractivity contribution is 4.92. The van der Waals surface area contributed by atoms with Gasteiger partial charge in [0.2, 0.25) is 0 Å². The first-order chi connectivity index (χ1) is 9.31. The second-order valence-electron chi connectivity index (χ2n) is 5.44. The average Bonchev–Trinajstić information content (AvgIpc) is 2.46. The zero-order valence-corrected chi connectivity index (χ0v) is 12.2. The van der Waals surface area contributed by atoms with E-state index in [1.807, 2.05) is 18.5 Å². The van der Waals surface area contributed by atoms with E-state index < -0.39 is 0 Å². The molecule has 106 valence electrons. The third-order valence-corrected chi connectivity index (χ3v) is 3.92. The minimum absolute atomic E-state index is 0.545. The normalized spacial score (nSPS) is 22.3. The zero-order valence-electron chi connectivity index (χ0n) is 12.2. The number of rotatable bonds is 6. The van der Waals surface area contributed by atoms with Crippen LogP contribution in [0.5, 0.6) is 0 Å². The van der Waals surface area contributed by atoms with E-state index in [1.54, 1.807) is 0 Å². The van der Waals surface area contributed by atoms with E-state index in [2.05, 4.69) is 34.0 Å². The van der Waals surface area contributed by atoms with E-state index in [9.17, 15) is 0 Å². The van der Waals surface area contributed by atoms with Crippen LogP contribution in [0.3, 0.4) is 0 Å². The van der Waals surface area contributed by atoms with Gasteiger partial charge in [-0.3, -0.25) is 4.90 Å². The molecule has 0 spiro atoms. The van der Waals surface area contributed by atoms with Crippen molar-refractivity contribution in [2.45, 2.75) is 58.2 Å². The molecule has 0 aliphatic carbocycles. The van der Waals surface area contributed by atoms with Crippen molar-refractivity contribution < 1.29 is 0 Å². The molecule has 4 nitrogen and oxygen atoms in total. The highest BCUT2D eigenvalue weighted by atomic mass is 15.2. The van der Waals surface area contributed by atoms with E-state index in [4.69, 9.17) is 0 Å². The Bertz CT molecular complexity index is 354. The van der Waals surface area contributed by atoms with Crippen LogP contribution in [0.4, 0.5) is 0 Å². The minimum Gasteiger partial charge on any atom is -0.313 e. The number of nitrogens with one attached hydrogen (secondary N) is 1. The highest BCUT2D eigenvalue weighted by Crippen LogP contribution is 2.21. The van der Waals surface area contributed by atoms with Gasteiger partial charge < -0.3 is 5.32 Å².